The summed E-state index contributed by atoms with van der Waals surface area (Å²) < 4.78 is 5.35. The molecule has 1 aliphatic carbocycles. The van der Waals surface area contributed by atoms with Crippen molar-refractivity contribution in [2.45, 2.75) is 63.8 Å². The first-order chi connectivity index (χ1) is 8.37. The van der Waals surface area contributed by atoms with Crippen LogP contribution in [0.1, 0.15) is 40.0 Å². The van der Waals surface area contributed by atoms with Gasteiger partial charge < -0.3 is 9.64 Å². The number of fused-ring (bicyclic) bond motifs is 2. The van der Waals surface area contributed by atoms with E-state index in [1.54, 1.807) is 4.90 Å². The van der Waals surface area contributed by atoms with Gasteiger partial charge in [0.1, 0.15) is 11.6 Å². The fraction of sp³-hybridized carbons (Fsp3) is 0.846. The van der Waals surface area contributed by atoms with Gasteiger partial charge in [-0.2, -0.15) is 0 Å². The molecule has 4 fully saturated rings. The van der Waals surface area contributed by atoms with Gasteiger partial charge in [-0.15, -0.1) is 0 Å². The minimum atomic E-state index is -0.500. The van der Waals surface area contributed by atoms with Gasteiger partial charge in [-0.05, 0) is 40.0 Å². The number of piperazine rings is 1. The zero-order valence-corrected chi connectivity index (χ0v) is 11.2. The van der Waals surface area contributed by atoms with Gasteiger partial charge >= 0.3 is 6.09 Å². The van der Waals surface area contributed by atoms with E-state index < -0.39 is 5.60 Å². The highest BCUT2D eigenvalue weighted by Gasteiger charge is 2.56. The molecule has 0 aromatic rings. The molecule has 100 valence electrons. The maximum Gasteiger partial charge on any atom is 0.411 e. The number of hydrogen-bond donors (Lipinski definition) is 0. The zero-order valence-electron chi connectivity index (χ0n) is 11.2. The predicted octanol–water partition coefficient (Wildman–Crippen LogP) is 1.37. The molecule has 1 saturated carbocycles. The molecule has 2 bridgehead atoms. The van der Waals surface area contributed by atoms with Crippen LogP contribution >= 0.6 is 0 Å². The van der Waals surface area contributed by atoms with E-state index in [-0.39, 0.29) is 24.1 Å². The van der Waals surface area contributed by atoms with E-state index in [1.807, 2.05) is 25.7 Å². The molecule has 5 nitrogen and oxygen atoms in total. The van der Waals surface area contributed by atoms with Crippen molar-refractivity contribution in [1.29, 1.82) is 0 Å². The molecule has 5 heteroatoms. The molecule has 3 heterocycles. The summed E-state index contributed by atoms with van der Waals surface area (Å²) in [6.45, 7) is 6.23. The Morgan fingerprint density at radius 1 is 1.28 bits per heavy atom. The molecule has 2 amide bonds. The van der Waals surface area contributed by atoms with Crippen LogP contribution in [0, 0.1) is 0 Å². The summed E-state index contributed by atoms with van der Waals surface area (Å²) in [6.07, 6.45) is 2.71. The lowest BCUT2D eigenvalue weighted by molar-refractivity contribution is -0.158. The molecule has 4 rings (SSSR count). The molecular formula is C13H20N2O3. The first-order valence-electron chi connectivity index (χ1n) is 6.68. The molecule has 2 atom stereocenters. The van der Waals surface area contributed by atoms with Crippen molar-refractivity contribution in [3.8, 4) is 0 Å². The quantitative estimate of drug-likeness (QED) is 0.708. The van der Waals surface area contributed by atoms with E-state index in [1.165, 1.54) is 0 Å². The van der Waals surface area contributed by atoms with Crippen LogP contribution in [0.2, 0.25) is 0 Å². The molecule has 0 spiro atoms. The zero-order chi connectivity index (χ0) is 13.1. The standard InChI is InChI=1S/C13H20N2O3/c1-13(2,3)18-12(17)15-9-6-10(15)11(16)14(7-9)8-4-5-8/h8-10H,4-7H2,1-3H3/t9-,10+/m1/s1. The fourth-order valence-electron chi connectivity index (χ4n) is 2.80. The van der Waals surface area contributed by atoms with Crippen LogP contribution in [0.15, 0.2) is 0 Å². The minimum absolute atomic E-state index is 0.117. The Kier molecular flexibility index (Phi) is 2.37. The van der Waals surface area contributed by atoms with Gasteiger partial charge in [0.15, 0.2) is 0 Å². The van der Waals surface area contributed by atoms with Crippen molar-refractivity contribution >= 4 is 12.0 Å². The van der Waals surface area contributed by atoms with Crippen molar-refractivity contribution in [2.75, 3.05) is 6.54 Å². The van der Waals surface area contributed by atoms with Gasteiger partial charge in [-0.25, -0.2) is 4.79 Å². The summed E-state index contributed by atoms with van der Waals surface area (Å²) in [6, 6.07) is 0.353. The Morgan fingerprint density at radius 3 is 2.44 bits per heavy atom. The van der Waals surface area contributed by atoms with Crippen molar-refractivity contribution in [1.82, 2.24) is 9.80 Å². The first kappa shape index (κ1) is 11.8. The molecule has 0 radical (unpaired) electrons. The monoisotopic (exact) mass is 252 g/mol. The summed E-state index contributed by atoms with van der Waals surface area (Å²) in [7, 11) is 0. The largest absolute Gasteiger partial charge is 0.444 e. The van der Waals surface area contributed by atoms with Crippen LogP contribution in [-0.4, -0.2) is 52.1 Å². The first-order valence-corrected chi connectivity index (χ1v) is 6.68. The van der Waals surface area contributed by atoms with Crippen LogP contribution in [0.25, 0.3) is 0 Å². The molecule has 0 N–H and O–H groups in total. The van der Waals surface area contributed by atoms with Crippen molar-refractivity contribution in [2.24, 2.45) is 0 Å². The van der Waals surface area contributed by atoms with Crippen LogP contribution in [0.3, 0.4) is 0 Å². The Morgan fingerprint density at radius 2 is 1.94 bits per heavy atom. The normalized spacial score (nSPS) is 31.2. The molecule has 18 heavy (non-hydrogen) atoms. The Labute approximate surface area is 107 Å². The molecular weight excluding hydrogens is 232 g/mol. The Hall–Kier alpha value is -1.26. The Balaban J connectivity index is 1.67. The molecule has 3 saturated heterocycles. The van der Waals surface area contributed by atoms with Crippen molar-refractivity contribution in [3.63, 3.8) is 0 Å². The number of carbonyl (C=O) groups excluding carboxylic acids is 2. The summed E-state index contributed by atoms with van der Waals surface area (Å²) in [5.74, 6) is 0.117. The number of carbonyl (C=O) groups is 2. The SMILES string of the molecule is CC(C)(C)OC(=O)N1[C@@H]2C[C@H]1C(=O)N(C1CC1)C2. The van der Waals surface area contributed by atoms with E-state index in [2.05, 4.69) is 0 Å². The van der Waals surface area contributed by atoms with Crippen LogP contribution in [0.4, 0.5) is 4.79 Å². The van der Waals surface area contributed by atoms with Crippen LogP contribution in [-0.2, 0) is 9.53 Å². The third-order valence-corrected chi connectivity index (χ3v) is 3.79. The predicted molar refractivity (Wildman–Crippen MR) is 65.0 cm³/mol. The van der Waals surface area contributed by atoms with E-state index in [4.69, 9.17) is 4.74 Å². The summed E-state index contributed by atoms with van der Waals surface area (Å²) >= 11 is 0. The van der Waals surface area contributed by atoms with E-state index in [0.29, 0.717) is 12.6 Å². The number of rotatable bonds is 1. The highest BCUT2D eigenvalue weighted by atomic mass is 16.6. The van der Waals surface area contributed by atoms with Crippen LogP contribution < -0.4 is 0 Å². The third kappa shape index (κ3) is 1.85. The average molecular weight is 252 g/mol. The van der Waals surface area contributed by atoms with E-state index >= 15 is 0 Å². The van der Waals surface area contributed by atoms with E-state index in [0.717, 1.165) is 19.3 Å². The van der Waals surface area contributed by atoms with Crippen molar-refractivity contribution in [3.05, 3.63) is 0 Å². The number of amides is 2. The molecule has 0 aromatic carbocycles. The van der Waals surface area contributed by atoms with Gasteiger partial charge in [0.25, 0.3) is 0 Å². The lowest BCUT2D eigenvalue weighted by Crippen LogP contribution is -2.73. The van der Waals surface area contributed by atoms with Gasteiger partial charge in [0, 0.05) is 12.6 Å². The molecule has 4 aliphatic rings. The van der Waals surface area contributed by atoms with Crippen LogP contribution in [0.5, 0.6) is 0 Å². The molecule has 3 aliphatic heterocycles. The second-order valence-corrected chi connectivity index (χ2v) is 6.51. The van der Waals surface area contributed by atoms with Gasteiger partial charge in [0.2, 0.25) is 5.91 Å². The summed E-state index contributed by atoms with van der Waals surface area (Å²) in [5, 5.41) is 0. The second kappa shape index (κ2) is 3.62. The van der Waals surface area contributed by atoms with Gasteiger partial charge in [-0.3, -0.25) is 9.69 Å². The maximum absolute atomic E-state index is 12.2. The lowest BCUT2D eigenvalue weighted by atomic mass is 9.87. The average Bonchev–Trinajstić information content (AvgIpc) is 2.96. The lowest BCUT2D eigenvalue weighted by Gasteiger charge is -2.54. The second-order valence-electron chi connectivity index (χ2n) is 6.51. The summed E-state index contributed by atoms with van der Waals surface area (Å²) in [4.78, 5) is 27.8. The molecule has 0 unspecified atom stereocenters. The molecule has 0 aromatic heterocycles. The van der Waals surface area contributed by atoms with Crippen molar-refractivity contribution < 1.29 is 14.3 Å². The smallest absolute Gasteiger partial charge is 0.411 e. The number of nitrogens with zero attached hydrogens (tertiary/aromatic N) is 2. The number of hydrogen-bond acceptors (Lipinski definition) is 3. The fourth-order valence-corrected chi connectivity index (χ4v) is 2.80. The number of ether oxygens (including phenoxy) is 1. The Bertz CT molecular complexity index is 398. The minimum Gasteiger partial charge on any atom is -0.444 e. The topological polar surface area (TPSA) is 49.9 Å². The highest BCUT2D eigenvalue weighted by molar-refractivity contribution is 5.90. The maximum atomic E-state index is 12.2. The van der Waals surface area contributed by atoms with Gasteiger partial charge in [0.05, 0.1) is 6.04 Å². The van der Waals surface area contributed by atoms with Gasteiger partial charge in [-0.1, -0.05) is 0 Å². The number of piperidine rings is 1. The van der Waals surface area contributed by atoms with E-state index in [9.17, 15) is 9.59 Å². The summed E-state index contributed by atoms with van der Waals surface area (Å²) in [5.41, 5.74) is -0.500. The third-order valence-electron chi connectivity index (χ3n) is 3.79. The highest BCUT2D eigenvalue weighted by Crippen LogP contribution is 2.39.